The standard InChI is InChI=1S/C13H20F3N5/c1-8-5-4-6-9(2)21(8)20-11-7-10(17-3)18-12(19-11)13(14,15)16/h7-9H,4-6H2,1-3H3,(H2,17,18,19,20). The molecule has 21 heavy (non-hydrogen) atoms. The van der Waals surface area contributed by atoms with Crippen LogP contribution in [-0.2, 0) is 6.18 Å². The summed E-state index contributed by atoms with van der Waals surface area (Å²) in [4.78, 5) is 7.04. The fraction of sp³-hybridized carbons (Fsp3) is 0.692. The summed E-state index contributed by atoms with van der Waals surface area (Å²) in [6.45, 7) is 4.10. The van der Waals surface area contributed by atoms with Gasteiger partial charge in [0.15, 0.2) is 0 Å². The first-order valence-corrected chi connectivity index (χ1v) is 7.00. The molecule has 2 unspecified atom stereocenters. The van der Waals surface area contributed by atoms with E-state index in [1.165, 1.54) is 13.1 Å². The average Bonchev–Trinajstić information content (AvgIpc) is 2.42. The Balaban J connectivity index is 2.26. The molecule has 0 saturated carbocycles. The third-order valence-corrected chi connectivity index (χ3v) is 3.67. The Kier molecular flexibility index (Phi) is 4.55. The average molecular weight is 303 g/mol. The van der Waals surface area contributed by atoms with E-state index in [1.807, 2.05) is 18.9 Å². The highest BCUT2D eigenvalue weighted by atomic mass is 19.4. The van der Waals surface area contributed by atoms with E-state index in [1.54, 1.807) is 0 Å². The maximum Gasteiger partial charge on any atom is 0.451 e. The van der Waals surface area contributed by atoms with E-state index in [0.717, 1.165) is 19.3 Å². The van der Waals surface area contributed by atoms with Crippen LogP contribution in [0.1, 0.15) is 38.9 Å². The molecule has 0 spiro atoms. The molecular weight excluding hydrogens is 283 g/mol. The molecule has 1 aromatic heterocycles. The molecule has 2 heterocycles. The van der Waals surface area contributed by atoms with Gasteiger partial charge in [-0.15, -0.1) is 0 Å². The van der Waals surface area contributed by atoms with Crippen molar-refractivity contribution in [2.24, 2.45) is 0 Å². The van der Waals surface area contributed by atoms with E-state index in [2.05, 4.69) is 20.7 Å². The van der Waals surface area contributed by atoms with Crippen LogP contribution in [0.25, 0.3) is 0 Å². The lowest BCUT2D eigenvalue weighted by atomic mass is 10.00. The van der Waals surface area contributed by atoms with Crippen molar-refractivity contribution in [1.29, 1.82) is 0 Å². The zero-order valence-corrected chi connectivity index (χ0v) is 12.3. The first-order chi connectivity index (χ1) is 9.81. The molecule has 0 aromatic carbocycles. The minimum absolute atomic E-state index is 0.136. The van der Waals surface area contributed by atoms with Gasteiger partial charge < -0.3 is 10.7 Å². The van der Waals surface area contributed by atoms with Gasteiger partial charge in [-0.25, -0.2) is 15.0 Å². The Labute approximate surface area is 121 Å². The van der Waals surface area contributed by atoms with Crippen LogP contribution < -0.4 is 10.7 Å². The van der Waals surface area contributed by atoms with Crippen molar-refractivity contribution in [2.45, 2.75) is 51.4 Å². The molecule has 2 atom stereocenters. The summed E-state index contributed by atoms with van der Waals surface area (Å²) < 4.78 is 38.5. The van der Waals surface area contributed by atoms with Crippen LogP contribution >= 0.6 is 0 Å². The van der Waals surface area contributed by atoms with Crippen molar-refractivity contribution in [3.63, 3.8) is 0 Å². The molecule has 2 rings (SSSR count). The van der Waals surface area contributed by atoms with Gasteiger partial charge in [0.05, 0.1) is 0 Å². The fourth-order valence-corrected chi connectivity index (χ4v) is 2.53. The molecule has 8 heteroatoms. The van der Waals surface area contributed by atoms with Crippen LogP contribution in [0.4, 0.5) is 24.8 Å². The number of nitrogens with one attached hydrogen (secondary N) is 2. The smallest absolute Gasteiger partial charge is 0.373 e. The van der Waals surface area contributed by atoms with Crippen molar-refractivity contribution < 1.29 is 13.2 Å². The Morgan fingerprint density at radius 1 is 1.14 bits per heavy atom. The van der Waals surface area contributed by atoms with E-state index in [0.29, 0.717) is 0 Å². The van der Waals surface area contributed by atoms with E-state index in [9.17, 15) is 13.2 Å². The second kappa shape index (κ2) is 6.05. The predicted octanol–water partition coefficient (Wildman–Crippen LogP) is 3.13. The van der Waals surface area contributed by atoms with E-state index in [4.69, 9.17) is 0 Å². The normalized spacial score (nSPS) is 23.9. The molecule has 5 nitrogen and oxygen atoms in total. The summed E-state index contributed by atoms with van der Waals surface area (Å²) in [5.41, 5.74) is 3.01. The summed E-state index contributed by atoms with van der Waals surface area (Å²) in [6.07, 6.45) is -1.43. The second-order valence-corrected chi connectivity index (χ2v) is 5.36. The first-order valence-electron chi connectivity index (χ1n) is 7.00. The number of hydrogen-bond acceptors (Lipinski definition) is 5. The van der Waals surface area contributed by atoms with Crippen molar-refractivity contribution in [2.75, 3.05) is 17.8 Å². The third-order valence-electron chi connectivity index (χ3n) is 3.67. The number of piperidine rings is 1. The molecule has 2 N–H and O–H groups in total. The highest BCUT2D eigenvalue weighted by Crippen LogP contribution is 2.29. The van der Waals surface area contributed by atoms with Crippen LogP contribution in [-0.4, -0.2) is 34.1 Å². The number of aromatic nitrogens is 2. The van der Waals surface area contributed by atoms with Gasteiger partial charge in [-0.05, 0) is 26.7 Å². The van der Waals surface area contributed by atoms with Crippen LogP contribution in [0.3, 0.4) is 0 Å². The summed E-state index contributed by atoms with van der Waals surface area (Å²) in [6, 6.07) is 1.97. The Hall–Kier alpha value is -1.57. The number of rotatable bonds is 3. The van der Waals surface area contributed by atoms with Crippen LogP contribution in [0.2, 0.25) is 0 Å². The van der Waals surface area contributed by atoms with Crippen molar-refractivity contribution in [3.05, 3.63) is 11.9 Å². The Morgan fingerprint density at radius 2 is 1.71 bits per heavy atom. The van der Waals surface area contributed by atoms with E-state index < -0.39 is 12.0 Å². The third kappa shape index (κ3) is 3.75. The lowest BCUT2D eigenvalue weighted by Crippen LogP contribution is -2.47. The van der Waals surface area contributed by atoms with Gasteiger partial charge in [0.2, 0.25) is 5.82 Å². The van der Waals surface area contributed by atoms with Gasteiger partial charge in [-0.3, -0.25) is 0 Å². The highest BCUT2D eigenvalue weighted by molar-refractivity contribution is 5.47. The maximum absolute atomic E-state index is 12.8. The van der Waals surface area contributed by atoms with Gasteiger partial charge in [0, 0.05) is 25.2 Å². The summed E-state index contributed by atoms with van der Waals surface area (Å²) in [5, 5.41) is 4.59. The van der Waals surface area contributed by atoms with Gasteiger partial charge in [-0.2, -0.15) is 13.2 Å². The van der Waals surface area contributed by atoms with Crippen LogP contribution in [0.15, 0.2) is 6.07 Å². The summed E-state index contributed by atoms with van der Waals surface area (Å²) >= 11 is 0. The zero-order valence-electron chi connectivity index (χ0n) is 12.3. The molecule has 118 valence electrons. The van der Waals surface area contributed by atoms with Gasteiger partial charge in [-0.1, -0.05) is 6.42 Å². The SMILES string of the molecule is CNc1cc(NN2C(C)CCCC2C)nc(C(F)(F)F)n1. The summed E-state index contributed by atoms with van der Waals surface area (Å²) in [5.74, 6) is -0.853. The lowest BCUT2D eigenvalue weighted by Gasteiger charge is -2.39. The minimum atomic E-state index is -4.57. The van der Waals surface area contributed by atoms with Gasteiger partial charge >= 0.3 is 6.18 Å². The van der Waals surface area contributed by atoms with Crippen LogP contribution in [0, 0.1) is 0 Å². The maximum atomic E-state index is 12.8. The van der Waals surface area contributed by atoms with Gasteiger partial charge in [0.25, 0.3) is 0 Å². The molecule has 1 aliphatic heterocycles. The van der Waals surface area contributed by atoms with Gasteiger partial charge in [0.1, 0.15) is 11.6 Å². The number of hydrazine groups is 1. The largest absolute Gasteiger partial charge is 0.451 e. The predicted molar refractivity (Wildman–Crippen MR) is 74.8 cm³/mol. The highest BCUT2D eigenvalue weighted by Gasteiger charge is 2.36. The molecule has 0 aliphatic carbocycles. The van der Waals surface area contributed by atoms with Crippen molar-refractivity contribution >= 4 is 11.6 Å². The fourth-order valence-electron chi connectivity index (χ4n) is 2.53. The molecule has 0 amide bonds. The second-order valence-electron chi connectivity index (χ2n) is 5.36. The quantitative estimate of drug-likeness (QED) is 0.898. The number of nitrogens with zero attached hydrogens (tertiary/aromatic N) is 3. The topological polar surface area (TPSA) is 53.1 Å². The monoisotopic (exact) mass is 303 g/mol. The molecular formula is C13H20F3N5. The minimum Gasteiger partial charge on any atom is -0.373 e. The van der Waals surface area contributed by atoms with Crippen molar-refractivity contribution in [1.82, 2.24) is 15.0 Å². The number of halogens is 3. The Bertz CT molecular complexity index is 481. The molecule has 1 fully saturated rings. The number of hydrogen-bond donors (Lipinski definition) is 2. The Morgan fingerprint density at radius 3 is 2.24 bits per heavy atom. The first kappa shape index (κ1) is 15.8. The number of alkyl halides is 3. The van der Waals surface area contributed by atoms with Crippen molar-refractivity contribution in [3.8, 4) is 0 Å². The summed E-state index contributed by atoms with van der Waals surface area (Å²) in [7, 11) is 1.53. The lowest BCUT2D eigenvalue weighted by molar-refractivity contribution is -0.144. The van der Waals surface area contributed by atoms with E-state index >= 15 is 0 Å². The molecule has 1 aliphatic rings. The molecule has 0 radical (unpaired) electrons. The number of anilines is 2. The zero-order chi connectivity index (χ0) is 15.6. The molecule has 1 saturated heterocycles. The molecule has 1 aromatic rings. The molecule has 0 bridgehead atoms. The van der Waals surface area contributed by atoms with E-state index in [-0.39, 0.29) is 23.7 Å². The van der Waals surface area contributed by atoms with Crippen LogP contribution in [0.5, 0.6) is 0 Å².